The van der Waals surface area contributed by atoms with E-state index in [1.807, 2.05) is 24.3 Å². The third-order valence-corrected chi connectivity index (χ3v) is 4.60. The van der Waals surface area contributed by atoms with Crippen LogP contribution in [0.4, 0.5) is 5.69 Å². The van der Waals surface area contributed by atoms with Gasteiger partial charge in [-0.2, -0.15) is 0 Å². The highest BCUT2D eigenvalue weighted by atomic mass is 16.6. The van der Waals surface area contributed by atoms with Gasteiger partial charge in [0.1, 0.15) is 5.75 Å². The van der Waals surface area contributed by atoms with Crippen LogP contribution in [0.15, 0.2) is 60.7 Å². The first-order valence-corrected chi connectivity index (χ1v) is 10.0. The number of non-ortho nitro benzene ring substituents is 1. The number of benzene rings is 2. The van der Waals surface area contributed by atoms with Crippen LogP contribution < -0.4 is 14.2 Å². The van der Waals surface area contributed by atoms with E-state index in [2.05, 4.69) is 6.92 Å². The standard InChI is InChI=1S/C24H27NO6/c1-4-5-6-8-18(19-11-16-22(29-2)23(17-19)30-3)9-7-10-24(26)31-21-14-12-20(13-15-21)25(27)28/h7,9-17H,4-6,8H2,1-3H3/b10-7+,18-9+. The first-order valence-electron chi connectivity index (χ1n) is 10.0. The average molecular weight is 425 g/mol. The zero-order chi connectivity index (χ0) is 22.6. The van der Waals surface area contributed by atoms with Crippen LogP contribution >= 0.6 is 0 Å². The summed E-state index contributed by atoms with van der Waals surface area (Å²) in [4.78, 5) is 22.3. The van der Waals surface area contributed by atoms with E-state index in [4.69, 9.17) is 14.2 Å². The molecule has 2 aromatic rings. The van der Waals surface area contributed by atoms with Crippen molar-refractivity contribution >= 4 is 17.2 Å². The van der Waals surface area contributed by atoms with Crippen LogP contribution in [0.25, 0.3) is 5.57 Å². The summed E-state index contributed by atoms with van der Waals surface area (Å²) in [5.74, 6) is 0.974. The molecule has 0 radical (unpaired) electrons. The Hall–Kier alpha value is -3.61. The van der Waals surface area contributed by atoms with E-state index < -0.39 is 10.9 Å². The second-order valence-electron chi connectivity index (χ2n) is 6.75. The number of esters is 1. The number of unbranched alkanes of at least 4 members (excludes halogenated alkanes) is 2. The first kappa shape index (κ1) is 23.7. The summed E-state index contributed by atoms with van der Waals surface area (Å²) >= 11 is 0. The zero-order valence-corrected chi connectivity index (χ0v) is 18.0. The summed E-state index contributed by atoms with van der Waals surface area (Å²) in [5, 5.41) is 10.7. The summed E-state index contributed by atoms with van der Waals surface area (Å²) < 4.78 is 15.9. The van der Waals surface area contributed by atoms with Gasteiger partial charge in [-0.15, -0.1) is 0 Å². The van der Waals surface area contributed by atoms with Crippen molar-refractivity contribution in [3.05, 3.63) is 76.4 Å². The molecule has 0 saturated carbocycles. The number of carbonyl (C=O) groups excluding carboxylic acids is 1. The highest BCUT2D eigenvalue weighted by molar-refractivity contribution is 5.85. The van der Waals surface area contributed by atoms with E-state index in [1.54, 1.807) is 20.3 Å². The normalized spacial score (nSPS) is 11.4. The number of hydrogen-bond acceptors (Lipinski definition) is 6. The second kappa shape index (κ2) is 12.2. The zero-order valence-electron chi connectivity index (χ0n) is 18.0. The highest BCUT2D eigenvalue weighted by Crippen LogP contribution is 2.32. The van der Waals surface area contributed by atoms with Gasteiger partial charge in [0.05, 0.1) is 19.1 Å². The van der Waals surface area contributed by atoms with E-state index >= 15 is 0 Å². The summed E-state index contributed by atoms with van der Waals surface area (Å²) in [6.45, 7) is 2.15. The minimum atomic E-state index is -0.565. The monoisotopic (exact) mass is 425 g/mol. The Bertz CT molecular complexity index is 947. The molecule has 0 N–H and O–H groups in total. The number of methoxy groups -OCH3 is 2. The largest absolute Gasteiger partial charge is 0.493 e. The molecular weight excluding hydrogens is 398 g/mol. The van der Waals surface area contributed by atoms with Crippen LogP contribution in [0.1, 0.15) is 38.2 Å². The Morgan fingerprint density at radius 3 is 2.35 bits per heavy atom. The maximum atomic E-state index is 12.1. The van der Waals surface area contributed by atoms with Gasteiger partial charge in [0.2, 0.25) is 0 Å². The van der Waals surface area contributed by atoms with Crippen molar-refractivity contribution in [1.82, 2.24) is 0 Å². The lowest BCUT2D eigenvalue weighted by atomic mass is 9.98. The van der Waals surface area contributed by atoms with Gasteiger partial charge in [0.25, 0.3) is 5.69 Å². The molecule has 31 heavy (non-hydrogen) atoms. The van der Waals surface area contributed by atoms with Gasteiger partial charge in [-0.05, 0) is 48.2 Å². The van der Waals surface area contributed by atoms with Crippen LogP contribution in [0.5, 0.6) is 17.2 Å². The molecule has 0 aliphatic heterocycles. The third-order valence-electron chi connectivity index (χ3n) is 4.60. The second-order valence-corrected chi connectivity index (χ2v) is 6.75. The Labute approximate surface area is 182 Å². The quantitative estimate of drug-likeness (QED) is 0.0868. The van der Waals surface area contributed by atoms with E-state index in [9.17, 15) is 14.9 Å². The summed E-state index contributed by atoms with van der Waals surface area (Å²) in [6.07, 6.45) is 8.94. The van der Waals surface area contributed by atoms with Gasteiger partial charge >= 0.3 is 5.97 Å². The van der Waals surface area contributed by atoms with Crippen molar-refractivity contribution in [2.45, 2.75) is 32.6 Å². The number of ether oxygens (including phenoxy) is 3. The van der Waals surface area contributed by atoms with Gasteiger partial charge in [0.15, 0.2) is 11.5 Å². The highest BCUT2D eigenvalue weighted by Gasteiger charge is 2.09. The molecule has 0 aromatic heterocycles. The number of hydrogen-bond donors (Lipinski definition) is 0. The number of rotatable bonds is 11. The summed E-state index contributed by atoms with van der Waals surface area (Å²) in [6, 6.07) is 11.1. The molecular formula is C24H27NO6. The fourth-order valence-electron chi connectivity index (χ4n) is 2.95. The Morgan fingerprint density at radius 1 is 1.03 bits per heavy atom. The first-order chi connectivity index (χ1) is 15.0. The van der Waals surface area contributed by atoms with Crippen LogP contribution in [0.2, 0.25) is 0 Å². The minimum absolute atomic E-state index is 0.0649. The lowest BCUT2D eigenvalue weighted by Gasteiger charge is -2.12. The maximum absolute atomic E-state index is 12.1. The van der Waals surface area contributed by atoms with Crippen molar-refractivity contribution < 1.29 is 23.9 Å². The molecule has 2 aromatic carbocycles. The number of nitrogens with zero attached hydrogens (tertiary/aromatic N) is 1. The van der Waals surface area contributed by atoms with Gasteiger partial charge in [-0.3, -0.25) is 10.1 Å². The molecule has 2 rings (SSSR count). The molecule has 0 saturated heterocycles. The van der Waals surface area contributed by atoms with Gasteiger partial charge in [0, 0.05) is 18.2 Å². The van der Waals surface area contributed by atoms with Gasteiger partial charge in [-0.25, -0.2) is 4.79 Å². The molecule has 0 aliphatic carbocycles. The molecule has 0 heterocycles. The molecule has 164 valence electrons. The number of nitro groups is 1. The predicted molar refractivity (Wildman–Crippen MR) is 120 cm³/mol. The lowest BCUT2D eigenvalue weighted by molar-refractivity contribution is -0.384. The summed E-state index contributed by atoms with van der Waals surface area (Å²) in [5.41, 5.74) is 1.99. The van der Waals surface area contributed by atoms with Crippen molar-refractivity contribution in [2.75, 3.05) is 14.2 Å². The fraction of sp³-hybridized carbons (Fsp3) is 0.292. The smallest absolute Gasteiger partial charge is 0.336 e. The van der Waals surface area contributed by atoms with E-state index in [0.717, 1.165) is 36.8 Å². The molecule has 0 unspecified atom stereocenters. The maximum Gasteiger partial charge on any atom is 0.336 e. The van der Waals surface area contributed by atoms with Crippen molar-refractivity contribution in [3.8, 4) is 17.2 Å². The molecule has 0 bridgehead atoms. The Morgan fingerprint density at radius 2 is 1.74 bits per heavy atom. The Balaban J connectivity index is 2.14. The van der Waals surface area contributed by atoms with Crippen LogP contribution in [-0.4, -0.2) is 25.1 Å². The predicted octanol–water partition coefficient (Wildman–Crippen LogP) is 5.74. The number of nitro benzene ring substituents is 1. The third kappa shape index (κ3) is 7.29. The minimum Gasteiger partial charge on any atom is -0.493 e. The van der Waals surface area contributed by atoms with E-state index in [0.29, 0.717) is 11.5 Å². The molecule has 7 nitrogen and oxygen atoms in total. The number of carbonyl (C=O) groups is 1. The molecule has 0 spiro atoms. The van der Waals surface area contributed by atoms with Crippen molar-refractivity contribution in [2.24, 2.45) is 0 Å². The molecule has 7 heteroatoms. The molecule has 0 amide bonds. The van der Waals surface area contributed by atoms with Gasteiger partial charge in [-0.1, -0.05) is 38.0 Å². The summed E-state index contributed by atoms with van der Waals surface area (Å²) in [7, 11) is 3.19. The van der Waals surface area contributed by atoms with E-state index in [1.165, 1.54) is 30.3 Å². The fourth-order valence-corrected chi connectivity index (χ4v) is 2.95. The SMILES string of the molecule is CCCCC/C(=C\C=C\C(=O)Oc1ccc([N+](=O)[O-])cc1)c1ccc(OC)c(OC)c1. The topological polar surface area (TPSA) is 87.9 Å². The van der Waals surface area contributed by atoms with Crippen LogP contribution in [0.3, 0.4) is 0 Å². The molecule has 0 fully saturated rings. The lowest BCUT2D eigenvalue weighted by Crippen LogP contribution is -2.03. The van der Waals surface area contributed by atoms with Gasteiger partial charge < -0.3 is 14.2 Å². The van der Waals surface area contributed by atoms with Crippen LogP contribution in [0, 0.1) is 10.1 Å². The molecule has 0 aliphatic rings. The van der Waals surface area contributed by atoms with Crippen LogP contribution in [-0.2, 0) is 4.79 Å². The van der Waals surface area contributed by atoms with E-state index in [-0.39, 0.29) is 11.4 Å². The number of allylic oxidation sites excluding steroid dienone is 3. The Kier molecular flexibility index (Phi) is 9.29. The van der Waals surface area contributed by atoms with Crippen molar-refractivity contribution in [1.29, 1.82) is 0 Å². The van der Waals surface area contributed by atoms with Crippen molar-refractivity contribution in [3.63, 3.8) is 0 Å². The average Bonchev–Trinajstić information content (AvgIpc) is 2.78. The molecule has 0 atom stereocenters.